The van der Waals surface area contributed by atoms with Crippen LogP contribution in [0.15, 0.2) is 24.3 Å². The molecule has 0 bridgehead atoms. The van der Waals surface area contributed by atoms with E-state index in [0.29, 0.717) is 5.56 Å². The summed E-state index contributed by atoms with van der Waals surface area (Å²) < 4.78 is 13.1. The first-order valence-electron chi connectivity index (χ1n) is 4.04. The third kappa shape index (κ3) is 1.73. The molecule has 0 aliphatic heterocycles. The first-order chi connectivity index (χ1) is 5.65. The van der Waals surface area contributed by atoms with Crippen molar-refractivity contribution < 1.29 is 4.39 Å². The molecule has 1 heteroatoms. The molecule has 0 amide bonds. The van der Waals surface area contributed by atoms with Gasteiger partial charge in [-0.05, 0) is 26.3 Å². The molecule has 12 heavy (non-hydrogen) atoms. The molecule has 1 aromatic carbocycles. The summed E-state index contributed by atoms with van der Waals surface area (Å²) in [7, 11) is 0. The zero-order valence-electron chi connectivity index (χ0n) is 7.69. The van der Waals surface area contributed by atoms with E-state index in [1.807, 2.05) is 32.0 Å². The van der Waals surface area contributed by atoms with Crippen LogP contribution in [0.3, 0.4) is 0 Å². The predicted molar refractivity (Wildman–Crippen MR) is 50.7 cm³/mol. The number of hydrogen-bond donors (Lipinski definition) is 0. The molecule has 0 heterocycles. The average Bonchev–Trinajstić information content (AvgIpc) is 2.03. The highest BCUT2D eigenvalue weighted by molar-refractivity contribution is 5.62. The fraction of sp³-hybridized carbons (Fsp3) is 0.273. The summed E-state index contributed by atoms with van der Waals surface area (Å²) in [5, 5.41) is 0. The van der Waals surface area contributed by atoms with E-state index in [9.17, 15) is 4.39 Å². The molecule has 0 saturated heterocycles. The second-order valence-electron chi connectivity index (χ2n) is 2.95. The molecule has 0 atom stereocenters. The molecule has 0 unspecified atom stereocenters. The van der Waals surface area contributed by atoms with Crippen LogP contribution >= 0.6 is 0 Å². The van der Waals surface area contributed by atoms with Gasteiger partial charge in [-0.1, -0.05) is 29.8 Å². The third-order valence-corrected chi connectivity index (χ3v) is 1.89. The van der Waals surface area contributed by atoms with Crippen molar-refractivity contribution in [3.8, 4) is 0 Å². The summed E-state index contributed by atoms with van der Waals surface area (Å²) in [5.74, 6) is -0.146. The van der Waals surface area contributed by atoms with E-state index < -0.39 is 0 Å². The van der Waals surface area contributed by atoms with Gasteiger partial charge in [0.15, 0.2) is 0 Å². The molecule has 1 rings (SSSR count). The first kappa shape index (κ1) is 8.98. The van der Waals surface area contributed by atoms with Gasteiger partial charge in [-0.25, -0.2) is 4.39 Å². The monoisotopic (exact) mass is 164 g/mol. The topological polar surface area (TPSA) is 0 Å². The SMILES string of the molecule is C/C=C(/F)c1ccc(C)cc1C. The van der Waals surface area contributed by atoms with Crippen LogP contribution in [0.1, 0.15) is 23.6 Å². The summed E-state index contributed by atoms with van der Waals surface area (Å²) in [6, 6.07) is 5.73. The van der Waals surface area contributed by atoms with Crippen LogP contribution < -0.4 is 0 Å². The highest BCUT2D eigenvalue weighted by Gasteiger charge is 2.01. The van der Waals surface area contributed by atoms with Crippen molar-refractivity contribution in [2.75, 3.05) is 0 Å². The van der Waals surface area contributed by atoms with E-state index in [0.717, 1.165) is 5.56 Å². The predicted octanol–water partition coefficient (Wildman–Crippen LogP) is 3.63. The van der Waals surface area contributed by atoms with Gasteiger partial charge in [-0.3, -0.25) is 0 Å². The minimum absolute atomic E-state index is 0.146. The molecular weight excluding hydrogens is 151 g/mol. The highest BCUT2D eigenvalue weighted by Crippen LogP contribution is 2.20. The van der Waals surface area contributed by atoms with E-state index >= 15 is 0 Å². The van der Waals surface area contributed by atoms with Gasteiger partial charge >= 0.3 is 0 Å². The number of allylic oxidation sites excluding steroid dienone is 1. The summed E-state index contributed by atoms with van der Waals surface area (Å²) in [6.07, 6.45) is 1.48. The summed E-state index contributed by atoms with van der Waals surface area (Å²) in [6.45, 7) is 5.63. The number of benzene rings is 1. The van der Waals surface area contributed by atoms with E-state index in [4.69, 9.17) is 0 Å². The maximum absolute atomic E-state index is 13.1. The molecule has 0 aliphatic carbocycles. The van der Waals surface area contributed by atoms with Crippen molar-refractivity contribution >= 4 is 5.83 Å². The Morgan fingerprint density at radius 3 is 2.50 bits per heavy atom. The maximum atomic E-state index is 13.1. The van der Waals surface area contributed by atoms with Gasteiger partial charge in [0.2, 0.25) is 0 Å². The van der Waals surface area contributed by atoms with E-state index in [1.54, 1.807) is 6.92 Å². The Bertz CT molecular complexity index is 311. The lowest BCUT2D eigenvalue weighted by molar-refractivity contribution is 0.757. The van der Waals surface area contributed by atoms with Crippen molar-refractivity contribution in [2.45, 2.75) is 20.8 Å². The second-order valence-corrected chi connectivity index (χ2v) is 2.95. The summed E-state index contributed by atoms with van der Waals surface area (Å²) in [4.78, 5) is 0. The Balaban J connectivity index is 3.18. The van der Waals surface area contributed by atoms with Crippen molar-refractivity contribution in [3.63, 3.8) is 0 Å². The Labute approximate surface area is 72.7 Å². The lowest BCUT2D eigenvalue weighted by atomic mass is 10.0. The fourth-order valence-corrected chi connectivity index (χ4v) is 1.24. The van der Waals surface area contributed by atoms with Crippen LogP contribution in [-0.2, 0) is 0 Å². The van der Waals surface area contributed by atoms with Gasteiger partial charge < -0.3 is 0 Å². The number of aryl methyl sites for hydroxylation is 2. The maximum Gasteiger partial charge on any atom is 0.126 e. The zero-order chi connectivity index (χ0) is 9.14. The van der Waals surface area contributed by atoms with Crippen LogP contribution in [0.25, 0.3) is 5.83 Å². The third-order valence-electron chi connectivity index (χ3n) is 1.89. The quantitative estimate of drug-likeness (QED) is 0.594. The molecule has 0 fully saturated rings. The largest absolute Gasteiger partial charge is 0.207 e. The van der Waals surface area contributed by atoms with Gasteiger partial charge in [-0.2, -0.15) is 0 Å². The van der Waals surface area contributed by atoms with Crippen LogP contribution in [0.4, 0.5) is 4.39 Å². The van der Waals surface area contributed by atoms with E-state index in [2.05, 4.69) is 0 Å². The molecular formula is C11H13F. The molecule has 0 aliphatic rings. The zero-order valence-corrected chi connectivity index (χ0v) is 7.69. The smallest absolute Gasteiger partial charge is 0.126 e. The normalized spacial score (nSPS) is 11.8. The van der Waals surface area contributed by atoms with Gasteiger partial charge in [0.1, 0.15) is 5.83 Å². The average molecular weight is 164 g/mol. The molecule has 0 aromatic heterocycles. The van der Waals surface area contributed by atoms with Crippen molar-refractivity contribution in [2.24, 2.45) is 0 Å². The molecule has 0 N–H and O–H groups in total. The first-order valence-corrected chi connectivity index (χ1v) is 4.04. The van der Waals surface area contributed by atoms with Crippen molar-refractivity contribution in [1.82, 2.24) is 0 Å². The minimum Gasteiger partial charge on any atom is -0.207 e. The molecule has 0 nitrogen and oxygen atoms in total. The molecule has 64 valence electrons. The number of rotatable bonds is 1. The number of hydrogen-bond acceptors (Lipinski definition) is 0. The van der Waals surface area contributed by atoms with Gasteiger partial charge in [0, 0.05) is 5.56 Å². The molecule has 1 aromatic rings. The Morgan fingerprint density at radius 1 is 1.33 bits per heavy atom. The Morgan fingerprint density at radius 2 is 2.00 bits per heavy atom. The van der Waals surface area contributed by atoms with Crippen LogP contribution in [0, 0.1) is 13.8 Å². The molecule has 0 radical (unpaired) electrons. The summed E-state index contributed by atoms with van der Waals surface area (Å²) >= 11 is 0. The fourth-order valence-electron chi connectivity index (χ4n) is 1.24. The van der Waals surface area contributed by atoms with Crippen LogP contribution in [0.2, 0.25) is 0 Å². The van der Waals surface area contributed by atoms with Gasteiger partial charge in [-0.15, -0.1) is 0 Å². The molecule has 0 saturated carbocycles. The standard InChI is InChI=1S/C11H13F/c1-4-11(12)10-6-5-8(2)7-9(10)3/h4-7H,1-3H3/b11-4+. The lowest BCUT2D eigenvalue weighted by Gasteiger charge is -2.03. The van der Waals surface area contributed by atoms with Gasteiger partial charge in [0.25, 0.3) is 0 Å². The van der Waals surface area contributed by atoms with Crippen LogP contribution in [0.5, 0.6) is 0 Å². The van der Waals surface area contributed by atoms with E-state index in [-0.39, 0.29) is 5.83 Å². The molecule has 0 spiro atoms. The highest BCUT2D eigenvalue weighted by atomic mass is 19.1. The van der Waals surface area contributed by atoms with Crippen LogP contribution in [-0.4, -0.2) is 0 Å². The Kier molecular flexibility index (Phi) is 2.64. The lowest BCUT2D eigenvalue weighted by Crippen LogP contribution is -1.85. The second kappa shape index (κ2) is 3.53. The van der Waals surface area contributed by atoms with E-state index in [1.165, 1.54) is 11.6 Å². The number of halogens is 1. The minimum atomic E-state index is -0.146. The summed E-state index contributed by atoms with van der Waals surface area (Å²) in [5.41, 5.74) is 2.86. The van der Waals surface area contributed by atoms with Crippen molar-refractivity contribution in [3.05, 3.63) is 41.0 Å². The van der Waals surface area contributed by atoms with Gasteiger partial charge in [0.05, 0.1) is 0 Å². The van der Waals surface area contributed by atoms with Crippen molar-refractivity contribution in [1.29, 1.82) is 0 Å². The Hall–Kier alpha value is -1.11.